The van der Waals surface area contributed by atoms with Crippen LogP contribution in [0.5, 0.6) is 0 Å². The summed E-state index contributed by atoms with van der Waals surface area (Å²) < 4.78 is 1.66. The van der Waals surface area contributed by atoms with Crippen LogP contribution in [0.3, 0.4) is 0 Å². The Labute approximate surface area is 96.2 Å². The fourth-order valence-corrected chi connectivity index (χ4v) is 1.86. The maximum absolute atomic E-state index is 2.29. The molecule has 0 heterocycles. The molecule has 11 heavy (non-hydrogen) atoms. The van der Waals surface area contributed by atoms with Crippen molar-refractivity contribution in [1.82, 2.24) is 0 Å². The fraction of sp³-hybridized carbons (Fsp3) is 0.500. The van der Waals surface area contributed by atoms with E-state index in [1.165, 1.54) is 19.3 Å². The van der Waals surface area contributed by atoms with Crippen LogP contribution < -0.4 is 0 Å². The van der Waals surface area contributed by atoms with Crippen molar-refractivity contribution < 1.29 is 24.7 Å². The zero-order valence-corrected chi connectivity index (χ0v) is 10.7. The first-order valence-corrected chi connectivity index (χ1v) is 4.67. The number of hydrogen-bond acceptors (Lipinski definition) is 0. The SMILES string of the molecule is CCCC1=[C]([Zr])CC=C1.Cl.Cl. The minimum Gasteiger partial charge on any atom is -0.147 e. The van der Waals surface area contributed by atoms with Crippen molar-refractivity contribution in [3.63, 3.8) is 0 Å². The van der Waals surface area contributed by atoms with Crippen LogP contribution in [0.1, 0.15) is 26.2 Å². The Kier molecular flexibility index (Phi) is 9.97. The summed E-state index contributed by atoms with van der Waals surface area (Å²) in [5, 5.41) is 0. The van der Waals surface area contributed by atoms with E-state index in [1.807, 2.05) is 0 Å². The van der Waals surface area contributed by atoms with E-state index >= 15 is 0 Å². The molecule has 0 fully saturated rings. The molecule has 0 unspecified atom stereocenters. The maximum atomic E-state index is 2.29. The van der Waals surface area contributed by atoms with Gasteiger partial charge in [-0.25, -0.2) is 0 Å². The van der Waals surface area contributed by atoms with Gasteiger partial charge in [0.25, 0.3) is 0 Å². The van der Waals surface area contributed by atoms with E-state index in [4.69, 9.17) is 0 Å². The van der Waals surface area contributed by atoms with Crippen molar-refractivity contribution >= 4 is 24.8 Å². The summed E-state index contributed by atoms with van der Waals surface area (Å²) in [4.78, 5) is 0. The molecule has 3 heteroatoms. The molecule has 0 aromatic heterocycles. The number of halogens is 2. The molecular formula is C8H13Cl2Zr. The number of hydrogen-bond donors (Lipinski definition) is 0. The molecule has 0 spiro atoms. The number of rotatable bonds is 2. The predicted molar refractivity (Wildman–Crippen MR) is 50.2 cm³/mol. The van der Waals surface area contributed by atoms with Crippen molar-refractivity contribution in [2.24, 2.45) is 0 Å². The smallest absolute Gasteiger partial charge is 0.147 e. The summed E-state index contributed by atoms with van der Waals surface area (Å²) in [6, 6.07) is 0. The molecule has 0 aromatic rings. The Morgan fingerprint density at radius 2 is 2.09 bits per heavy atom. The second-order valence-corrected chi connectivity index (χ2v) is 3.84. The van der Waals surface area contributed by atoms with Crippen LogP contribution in [0, 0.1) is 0 Å². The van der Waals surface area contributed by atoms with E-state index in [-0.39, 0.29) is 24.8 Å². The van der Waals surface area contributed by atoms with Crippen molar-refractivity contribution in [2.75, 3.05) is 0 Å². The minimum absolute atomic E-state index is 0. The first kappa shape index (κ1) is 14.5. The van der Waals surface area contributed by atoms with Gasteiger partial charge in [0.15, 0.2) is 0 Å². The maximum Gasteiger partial charge on any atom is -0.147 e. The van der Waals surface area contributed by atoms with Crippen LogP contribution in [-0.4, -0.2) is 0 Å². The monoisotopic (exact) mass is 269 g/mol. The Bertz CT molecular complexity index is 161. The second kappa shape index (κ2) is 7.58. The third-order valence-corrected chi connectivity index (χ3v) is 2.84. The van der Waals surface area contributed by atoms with E-state index in [2.05, 4.69) is 19.1 Å². The molecule has 0 saturated carbocycles. The van der Waals surface area contributed by atoms with E-state index in [0.29, 0.717) is 0 Å². The van der Waals surface area contributed by atoms with Crippen molar-refractivity contribution in [3.05, 3.63) is 21.0 Å². The molecular weight excluding hydrogens is 258 g/mol. The molecule has 1 rings (SSSR count). The molecule has 0 amide bonds. The standard InChI is InChI=1S/C8H11.2ClH.Zr/c1-2-5-8-6-3-4-7-8;;;/h3,6H,2,4-5H2,1H3;2*1H;. The molecule has 0 atom stereocenters. The molecule has 0 N–H and O–H groups in total. The molecule has 0 radical (unpaired) electrons. The van der Waals surface area contributed by atoms with Crippen LogP contribution in [0.2, 0.25) is 0 Å². The van der Waals surface area contributed by atoms with Gasteiger partial charge in [-0.2, -0.15) is 0 Å². The third-order valence-electron chi connectivity index (χ3n) is 1.55. The van der Waals surface area contributed by atoms with Gasteiger partial charge in [0.1, 0.15) is 0 Å². The van der Waals surface area contributed by atoms with Gasteiger partial charge >= 0.3 is 71.9 Å². The molecule has 0 nitrogen and oxygen atoms in total. The van der Waals surface area contributed by atoms with Gasteiger partial charge < -0.3 is 0 Å². The molecule has 1 aliphatic carbocycles. The van der Waals surface area contributed by atoms with Crippen LogP contribution in [0.15, 0.2) is 21.0 Å². The second-order valence-electron chi connectivity index (χ2n) is 2.36. The van der Waals surface area contributed by atoms with E-state index in [0.717, 1.165) is 0 Å². The zero-order valence-electron chi connectivity index (χ0n) is 6.59. The Hall–Kier alpha value is 0.943. The first-order chi connectivity index (χ1) is 4.34. The normalized spacial score (nSPS) is 14.2. The van der Waals surface area contributed by atoms with Crippen LogP contribution in [0.25, 0.3) is 0 Å². The van der Waals surface area contributed by atoms with E-state index in [9.17, 15) is 0 Å². The quantitative estimate of drug-likeness (QED) is 0.722. The summed E-state index contributed by atoms with van der Waals surface area (Å²) >= 11 is 1.61. The fourth-order valence-electron chi connectivity index (χ4n) is 1.05. The van der Waals surface area contributed by atoms with E-state index < -0.39 is 0 Å². The van der Waals surface area contributed by atoms with Gasteiger partial charge in [-0.05, 0) is 0 Å². The third kappa shape index (κ3) is 4.50. The summed E-state index contributed by atoms with van der Waals surface area (Å²) in [7, 11) is 0. The minimum atomic E-state index is 0. The summed E-state index contributed by atoms with van der Waals surface area (Å²) in [5.74, 6) is 0. The van der Waals surface area contributed by atoms with Gasteiger partial charge in [0.2, 0.25) is 0 Å². The van der Waals surface area contributed by atoms with Crippen molar-refractivity contribution in [2.45, 2.75) is 26.2 Å². The molecule has 0 aliphatic heterocycles. The molecule has 0 bridgehead atoms. The van der Waals surface area contributed by atoms with Gasteiger partial charge in [-0.1, -0.05) is 0 Å². The Balaban J connectivity index is 0. The van der Waals surface area contributed by atoms with Gasteiger partial charge in [0.05, 0.1) is 0 Å². The summed E-state index contributed by atoms with van der Waals surface area (Å²) in [6.07, 6.45) is 8.37. The van der Waals surface area contributed by atoms with Gasteiger partial charge in [0, 0.05) is 0 Å². The largest absolute Gasteiger partial charge is 0.147 e. The zero-order chi connectivity index (χ0) is 6.69. The predicted octanol–water partition coefficient (Wildman–Crippen LogP) is 3.39. The average Bonchev–Trinajstić information content (AvgIpc) is 2.18. The average molecular weight is 271 g/mol. The Morgan fingerprint density at radius 3 is 2.45 bits per heavy atom. The number of allylic oxidation sites excluding steroid dienone is 4. The van der Waals surface area contributed by atoms with Crippen LogP contribution in [0.4, 0.5) is 0 Å². The van der Waals surface area contributed by atoms with Gasteiger partial charge in [-0.3, -0.25) is 0 Å². The summed E-state index contributed by atoms with van der Waals surface area (Å²) in [6.45, 7) is 2.24. The van der Waals surface area contributed by atoms with Crippen molar-refractivity contribution in [3.8, 4) is 0 Å². The topological polar surface area (TPSA) is 0 Å². The van der Waals surface area contributed by atoms with Crippen molar-refractivity contribution in [1.29, 1.82) is 0 Å². The molecule has 0 saturated heterocycles. The van der Waals surface area contributed by atoms with Gasteiger partial charge in [-0.15, -0.1) is 24.8 Å². The first-order valence-electron chi connectivity index (χ1n) is 3.44. The molecule has 0 aromatic carbocycles. The molecule has 63 valence electrons. The summed E-state index contributed by atoms with van der Waals surface area (Å²) in [5.41, 5.74) is 1.61. The Morgan fingerprint density at radius 1 is 1.45 bits per heavy atom. The van der Waals surface area contributed by atoms with E-state index in [1.54, 1.807) is 33.6 Å². The van der Waals surface area contributed by atoms with Crippen LogP contribution >= 0.6 is 24.8 Å². The van der Waals surface area contributed by atoms with Crippen LogP contribution in [-0.2, 0) is 24.7 Å². The molecule has 1 aliphatic rings.